The third-order valence-electron chi connectivity index (χ3n) is 3.80. The zero-order chi connectivity index (χ0) is 13.9. The number of thiophene rings is 1. The Morgan fingerprint density at radius 3 is 2.95 bits per heavy atom. The van der Waals surface area contributed by atoms with Crippen LogP contribution in [-0.2, 0) is 6.54 Å². The van der Waals surface area contributed by atoms with Crippen LogP contribution in [0.15, 0.2) is 35.7 Å². The summed E-state index contributed by atoms with van der Waals surface area (Å²) in [6.45, 7) is 1.89. The molecule has 0 saturated heterocycles. The van der Waals surface area contributed by atoms with Gasteiger partial charge in [-0.1, -0.05) is 6.07 Å². The van der Waals surface area contributed by atoms with Crippen LogP contribution in [0, 0.1) is 11.7 Å². The molecule has 1 saturated carbocycles. The van der Waals surface area contributed by atoms with E-state index in [4.69, 9.17) is 4.74 Å². The second-order valence-corrected chi connectivity index (χ2v) is 6.23. The minimum atomic E-state index is -0.182. The fourth-order valence-corrected chi connectivity index (χ4v) is 3.32. The Kier molecular flexibility index (Phi) is 5.62. The molecule has 0 spiro atoms. The van der Waals surface area contributed by atoms with Gasteiger partial charge in [0.15, 0.2) is 0 Å². The summed E-state index contributed by atoms with van der Waals surface area (Å²) in [4.78, 5) is 1.35. The molecule has 1 aliphatic carbocycles. The second kappa shape index (κ2) is 7.25. The van der Waals surface area contributed by atoms with Crippen molar-refractivity contribution in [3.63, 3.8) is 0 Å². The van der Waals surface area contributed by atoms with Crippen LogP contribution in [0.2, 0.25) is 0 Å². The lowest BCUT2D eigenvalue weighted by molar-refractivity contribution is 0.407. The summed E-state index contributed by atoms with van der Waals surface area (Å²) in [5.41, 5.74) is 1.01. The zero-order valence-electron chi connectivity index (χ0n) is 11.8. The molecule has 0 aliphatic heterocycles. The van der Waals surface area contributed by atoms with Crippen molar-refractivity contribution in [1.82, 2.24) is 5.32 Å². The highest BCUT2D eigenvalue weighted by atomic mass is 35.5. The normalized spacial score (nSPS) is 19.9. The Balaban J connectivity index is 0.00000161. The number of benzene rings is 1. The van der Waals surface area contributed by atoms with Crippen molar-refractivity contribution in [2.75, 3.05) is 13.7 Å². The van der Waals surface area contributed by atoms with E-state index in [0.29, 0.717) is 11.8 Å². The van der Waals surface area contributed by atoms with E-state index in [-0.39, 0.29) is 18.2 Å². The number of hydrogen-bond acceptors (Lipinski definition) is 3. The van der Waals surface area contributed by atoms with Gasteiger partial charge in [0.2, 0.25) is 0 Å². The lowest BCUT2D eigenvalue weighted by Crippen LogP contribution is -2.16. The Hall–Kier alpha value is -1.10. The largest absolute Gasteiger partial charge is 0.496 e. The molecule has 0 bridgehead atoms. The predicted octanol–water partition coefficient (Wildman–Crippen LogP) is 4.21. The maximum atomic E-state index is 13.4. The smallest absolute Gasteiger partial charge is 0.123 e. The van der Waals surface area contributed by atoms with E-state index < -0.39 is 0 Å². The average Bonchev–Trinajstić information content (AvgIpc) is 3.02. The quantitative estimate of drug-likeness (QED) is 0.858. The summed E-state index contributed by atoms with van der Waals surface area (Å²) in [6.07, 6.45) is 1.11. The topological polar surface area (TPSA) is 21.3 Å². The van der Waals surface area contributed by atoms with Crippen LogP contribution in [0.3, 0.4) is 0 Å². The van der Waals surface area contributed by atoms with Crippen molar-refractivity contribution in [2.24, 2.45) is 5.92 Å². The molecule has 1 N–H and O–H groups in total. The van der Waals surface area contributed by atoms with Crippen LogP contribution in [0.5, 0.6) is 5.75 Å². The number of ether oxygens (including phenoxy) is 1. The van der Waals surface area contributed by atoms with E-state index in [1.54, 1.807) is 30.6 Å². The van der Waals surface area contributed by atoms with E-state index in [0.717, 1.165) is 30.8 Å². The third kappa shape index (κ3) is 3.96. The van der Waals surface area contributed by atoms with Crippen molar-refractivity contribution in [3.05, 3.63) is 52.0 Å². The van der Waals surface area contributed by atoms with E-state index in [9.17, 15) is 4.39 Å². The Morgan fingerprint density at radius 1 is 1.38 bits per heavy atom. The predicted molar refractivity (Wildman–Crippen MR) is 87.1 cm³/mol. The van der Waals surface area contributed by atoms with Gasteiger partial charge < -0.3 is 10.1 Å². The Morgan fingerprint density at radius 2 is 2.24 bits per heavy atom. The third-order valence-corrected chi connectivity index (χ3v) is 4.68. The lowest BCUT2D eigenvalue weighted by Gasteiger charge is -2.08. The molecule has 0 amide bonds. The van der Waals surface area contributed by atoms with Gasteiger partial charge in [0, 0.05) is 17.0 Å². The van der Waals surface area contributed by atoms with Crippen LogP contribution in [0.1, 0.15) is 22.8 Å². The van der Waals surface area contributed by atoms with Crippen LogP contribution in [0.25, 0.3) is 0 Å². The van der Waals surface area contributed by atoms with Gasteiger partial charge in [0.25, 0.3) is 0 Å². The highest BCUT2D eigenvalue weighted by Crippen LogP contribution is 2.50. The minimum absolute atomic E-state index is 0. The van der Waals surface area contributed by atoms with Crippen molar-refractivity contribution in [2.45, 2.75) is 18.9 Å². The van der Waals surface area contributed by atoms with Crippen molar-refractivity contribution in [3.8, 4) is 5.75 Å². The molecule has 2 aromatic rings. The summed E-state index contributed by atoms with van der Waals surface area (Å²) in [5, 5.41) is 5.57. The standard InChI is InChI=1S/C16H18FNOS.ClH/c1-19-16-5-4-12(17)8-15(16)14-7-11(14)9-18-10-13-3-2-6-20-13;/h2-6,8,11,14,18H,7,9-10H2,1H3;1H/t11-,14+;/m0./s1. The molecule has 1 aromatic carbocycles. The maximum absolute atomic E-state index is 13.4. The molecule has 2 nitrogen and oxygen atoms in total. The van der Waals surface area contributed by atoms with Crippen molar-refractivity contribution in [1.29, 1.82) is 0 Å². The van der Waals surface area contributed by atoms with Gasteiger partial charge >= 0.3 is 0 Å². The molecule has 0 radical (unpaired) electrons. The summed E-state index contributed by atoms with van der Waals surface area (Å²) in [7, 11) is 1.64. The molecule has 5 heteroatoms. The number of methoxy groups -OCH3 is 1. The highest BCUT2D eigenvalue weighted by molar-refractivity contribution is 7.09. The Labute approximate surface area is 134 Å². The number of hydrogen-bond donors (Lipinski definition) is 1. The van der Waals surface area contributed by atoms with Gasteiger partial charge in [0.05, 0.1) is 7.11 Å². The van der Waals surface area contributed by atoms with Crippen molar-refractivity contribution >= 4 is 23.7 Å². The van der Waals surface area contributed by atoms with Gasteiger partial charge in [-0.15, -0.1) is 23.7 Å². The molecule has 3 rings (SSSR count). The molecule has 1 aromatic heterocycles. The monoisotopic (exact) mass is 327 g/mol. The van der Waals surface area contributed by atoms with Gasteiger partial charge in [-0.25, -0.2) is 4.39 Å². The van der Waals surface area contributed by atoms with Gasteiger partial charge in [-0.05, 0) is 54.4 Å². The van der Waals surface area contributed by atoms with Crippen LogP contribution in [0.4, 0.5) is 4.39 Å². The Bertz CT molecular complexity index is 576. The molecule has 1 aliphatic rings. The number of rotatable bonds is 6. The SMILES string of the molecule is COc1ccc(F)cc1[C@@H]1C[C@H]1CNCc1cccs1.Cl. The number of halogens is 2. The number of nitrogens with one attached hydrogen (secondary N) is 1. The molecular formula is C16H19ClFNOS. The maximum Gasteiger partial charge on any atom is 0.123 e. The molecule has 1 fully saturated rings. The van der Waals surface area contributed by atoms with Crippen LogP contribution >= 0.6 is 23.7 Å². The van der Waals surface area contributed by atoms with Crippen LogP contribution in [-0.4, -0.2) is 13.7 Å². The molecule has 2 atom stereocenters. The van der Waals surface area contributed by atoms with E-state index in [1.165, 1.54) is 10.9 Å². The summed E-state index contributed by atoms with van der Waals surface area (Å²) >= 11 is 1.77. The first kappa shape index (κ1) is 16.3. The van der Waals surface area contributed by atoms with Gasteiger partial charge in [-0.2, -0.15) is 0 Å². The summed E-state index contributed by atoms with van der Waals surface area (Å²) in [6, 6.07) is 8.99. The first-order valence-corrected chi connectivity index (χ1v) is 7.72. The first-order chi connectivity index (χ1) is 9.78. The van der Waals surface area contributed by atoms with Crippen molar-refractivity contribution < 1.29 is 9.13 Å². The highest BCUT2D eigenvalue weighted by Gasteiger charge is 2.39. The van der Waals surface area contributed by atoms with Crippen LogP contribution < -0.4 is 10.1 Å². The fraction of sp³-hybridized carbons (Fsp3) is 0.375. The second-order valence-electron chi connectivity index (χ2n) is 5.20. The lowest BCUT2D eigenvalue weighted by atomic mass is 10.1. The van der Waals surface area contributed by atoms with Gasteiger partial charge in [0.1, 0.15) is 11.6 Å². The minimum Gasteiger partial charge on any atom is -0.496 e. The molecule has 0 unspecified atom stereocenters. The average molecular weight is 328 g/mol. The van der Waals surface area contributed by atoms with E-state index in [2.05, 4.69) is 22.8 Å². The zero-order valence-corrected chi connectivity index (χ0v) is 13.5. The first-order valence-electron chi connectivity index (χ1n) is 6.84. The van der Waals surface area contributed by atoms with E-state index >= 15 is 0 Å². The van der Waals surface area contributed by atoms with Gasteiger partial charge in [-0.3, -0.25) is 0 Å². The summed E-state index contributed by atoms with van der Waals surface area (Å²) in [5.74, 6) is 1.64. The molecule has 21 heavy (non-hydrogen) atoms. The summed E-state index contributed by atoms with van der Waals surface area (Å²) < 4.78 is 18.7. The molecular weight excluding hydrogens is 309 g/mol. The fourth-order valence-electron chi connectivity index (χ4n) is 2.64. The molecule has 1 heterocycles. The molecule has 114 valence electrons. The van der Waals surface area contributed by atoms with E-state index in [1.807, 2.05) is 0 Å².